The van der Waals surface area contributed by atoms with Crippen LogP contribution >= 0.6 is 0 Å². The van der Waals surface area contributed by atoms with Crippen LogP contribution in [0.5, 0.6) is 0 Å². The number of nitrogens with zero attached hydrogens (tertiary/aromatic N) is 4. The Labute approximate surface area is 191 Å². The molecule has 1 saturated heterocycles. The van der Waals surface area contributed by atoms with Crippen molar-refractivity contribution in [2.45, 2.75) is 31.7 Å². The summed E-state index contributed by atoms with van der Waals surface area (Å²) in [4.78, 5) is 21.7. The number of H-pyrrole nitrogens is 1. The predicted molar refractivity (Wildman–Crippen MR) is 116 cm³/mol. The summed E-state index contributed by atoms with van der Waals surface area (Å²) >= 11 is 0. The molecule has 6 nitrogen and oxygen atoms in total. The van der Waals surface area contributed by atoms with E-state index in [9.17, 15) is 13.6 Å². The molecule has 2 aliphatic rings. The quantitative estimate of drug-likeness (QED) is 0.321. The second kappa shape index (κ2) is 7.15. The normalized spacial score (nSPS) is 20.7. The van der Waals surface area contributed by atoms with Gasteiger partial charge in [0.15, 0.2) is 0 Å². The zero-order chi connectivity index (χ0) is 23.8. The average Bonchev–Trinajstić information content (AvgIpc) is 3.26. The largest absolute Gasteiger partial charge is 0.345 e. The Kier molecular flexibility index (Phi) is 4.39. The van der Waals surface area contributed by atoms with Crippen LogP contribution in [0.25, 0.3) is 16.7 Å². The summed E-state index contributed by atoms with van der Waals surface area (Å²) in [5.74, 6) is -5.45. The maximum Gasteiger partial charge on any atom is 0.273 e. The average molecular weight is 469 g/mol. The van der Waals surface area contributed by atoms with Gasteiger partial charge in [0.2, 0.25) is 5.91 Å². The second-order valence-electron chi connectivity index (χ2n) is 9.01. The molecule has 2 fully saturated rings. The molecule has 34 heavy (non-hydrogen) atoms. The Hall–Kier alpha value is -3.69. The van der Waals surface area contributed by atoms with Crippen LogP contribution < -0.4 is 4.90 Å². The number of halogens is 4. The van der Waals surface area contributed by atoms with Crippen molar-refractivity contribution in [1.82, 2.24) is 19.7 Å². The van der Waals surface area contributed by atoms with E-state index in [1.807, 2.05) is 0 Å². The third kappa shape index (κ3) is 3.19. The molecule has 0 bridgehead atoms. The third-order valence-corrected chi connectivity index (χ3v) is 6.67. The van der Waals surface area contributed by atoms with Crippen LogP contribution in [0.1, 0.15) is 36.9 Å². The van der Waals surface area contributed by atoms with Gasteiger partial charge in [-0.1, -0.05) is 0 Å². The van der Waals surface area contributed by atoms with E-state index in [1.165, 1.54) is 11.2 Å². The van der Waals surface area contributed by atoms with Gasteiger partial charge in [-0.15, -0.1) is 0 Å². The van der Waals surface area contributed by atoms with E-state index in [-0.39, 0.29) is 28.6 Å². The molecular formula is C24H19F4N5O. The molecular weight excluding hydrogens is 450 g/mol. The first-order chi connectivity index (χ1) is 16.2. The van der Waals surface area contributed by atoms with Crippen molar-refractivity contribution < 1.29 is 22.4 Å². The number of rotatable bonds is 5. The molecule has 4 aromatic rings. The Morgan fingerprint density at radius 1 is 1.09 bits per heavy atom. The van der Waals surface area contributed by atoms with Crippen molar-refractivity contribution in [2.24, 2.45) is 11.8 Å². The lowest BCUT2D eigenvalue weighted by molar-refractivity contribution is -0.131. The smallest absolute Gasteiger partial charge is 0.273 e. The molecule has 2 aromatic heterocycles. The van der Waals surface area contributed by atoms with Crippen molar-refractivity contribution in [3.8, 4) is 5.69 Å². The van der Waals surface area contributed by atoms with E-state index < -0.39 is 29.5 Å². The fraction of sp³-hybridized carbons (Fsp3) is 0.292. The van der Waals surface area contributed by atoms with Gasteiger partial charge in [0, 0.05) is 36.5 Å². The number of imidazole rings is 1. The minimum Gasteiger partial charge on any atom is -0.345 e. The zero-order valence-corrected chi connectivity index (χ0v) is 18.0. The van der Waals surface area contributed by atoms with Gasteiger partial charge in [-0.2, -0.15) is 5.10 Å². The fourth-order valence-corrected chi connectivity index (χ4v) is 4.77. The van der Waals surface area contributed by atoms with Crippen LogP contribution in [0.3, 0.4) is 0 Å². The molecule has 1 amide bonds. The summed E-state index contributed by atoms with van der Waals surface area (Å²) in [7, 11) is 0. The van der Waals surface area contributed by atoms with Crippen LogP contribution in [0.15, 0.2) is 49.1 Å². The van der Waals surface area contributed by atoms with Gasteiger partial charge < -0.3 is 9.88 Å². The van der Waals surface area contributed by atoms with Crippen molar-refractivity contribution >= 4 is 22.6 Å². The number of β-lactam (4-membered cyclic amide) rings is 1. The van der Waals surface area contributed by atoms with Crippen molar-refractivity contribution in [2.75, 3.05) is 4.90 Å². The lowest BCUT2D eigenvalue weighted by atomic mass is 9.78. The van der Waals surface area contributed by atoms with E-state index in [1.54, 1.807) is 18.2 Å². The molecule has 1 aliphatic carbocycles. The van der Waals surface area contributed by atoms with Gasteiger partial charge in [0.1, 0.15) is 11.6 Å². The van der Waals surface area contributed by atoms with Gasteiger partial charge >= 0.3 is 0 Å². The number of anilines is 1. The standard InChI is InChI=1S/C24H19F4N5O/c1-24(27,28)13-9-31-32(10-13)15-6-16(25)21(17(26)7-15)22-20(12-2-3-12)23(34)33(22)14-4-5-18-19(8-14)30-11-29-18/h4-12,20,22H,2-3H2,1H3,(H,29,30)/t20-,22-/m1/s1. The summed E-state index contributed by atoms with van der Waals surface area (Å²) < 4.78 is 58.9. The lowest BCUT2D eigenvalue weighted by Gasteiger charge is -2.48. The number of fused-ring (bicyclic) bond motifs is 1. The Bertz CT molecular complexity index is 1410. The highest BCUT2D eigenvalue weighted by molar-refractivity contribution is 6.04. The summed E-state index contributed by atoms with van der Waals surface area (Å²) in [6.07, 6.45) is 5.21. The number of carbonyl (C=O) groups excluding carboxylic acids is 1. The van der Waals surface area contributed by atoms with Crippen LogP contribution in [0.4, 0.5) is 23.2 Å². The van der Waals surface area contributed by atoms with Crippen LogP contribution in [-0.4, -0.2) is 25.7 Å². The van der Waals surface area contributed by atoms with E-state index in [4.69, 9.17) is 0 Å². The summed E-state index contributed by atoms with van der Waals surface area (Å²) in [5.41, 5.74) is 1.33. The monoisotopic (exact) mass is 469 g/mol. The summed E-state index contributed by atoms with van der Waals surface area (Å²) in [6.45, 7) is 0.721. The first kappa shape index (κ1) is 20.9. The molecule has 2 atom stereocenters. The molecule has 6 rings (SSSR count). The van der Waals surface area contributed by atoms with E-state index >= 15 is 8.78 Å². The Morgan fingerprint density at radius 2 is 1.82 bits per heavy atom. The minimum absolute atomic E-state index is 0.0210. The molecule has 1 aliphatic heterocycles. The van der Waals surface area contributed by atoms with Crippen LogP contribution in [0.2, 0.25) is 0 Å². The summed E-state index contributed by atoms with van der Waals surface area (Å²) in [5, 5.41) is 3.82. The molecule has 1 N–H and O–H groups in total. The fourth-order valence-electron chi connectivity index (χ4n) is 4.77. The number of benzene rings is 2. The molecule has 2 aromatic carbocycles. The van der Waals surface area contributed by atoms with Gasteiger partial charge in [-0.05, 0) is 37.0 Å². The number of hydrogen-bond acceptors (Lipinski definition) is 3. The number of carbonyl (C=O) groups is 1. The molecule has 0 spiro atoms. The second-order valence-corrected chi connectivity index (χ2v) is 9.01. The number of amides is 1. The molecule has 10 heteroatoms. The van der Waals surface area contributed by atoms with Gasteiger partial charge in [-0.3, -0.25) is 4.79 Å². The number of aromatic amines is 1. The van der Waals surface area contributed by atoms with Crippen LogP contribution in [-0.2, 0) is 10.7 Å². The predicted octanol–water partition coefficient (Wildman–Crippen LogP) is 5.25. The number of alkyl halides is 2. The highest BCUT2D eigenvalue weighted by Gasteiger charge is 2.56. The Morgan fingerprint density at radius 3 is 2.47 bits per heavy atom. The lowest BCUT2D eigenvalue weighted by Crippen LogP contribution is -2.56. The van der Waals surface area contributed by atoms with E-state index in [0.717, 1.165) is 54.5 Å². The van der Waals surface area contributed by atoms with Gasteiger partial charge in [0.25, 0.3) is 5.92 Å². The van der Waals surface area contributed by atoms with Crippen molar-refractivity contribution in [3.05, 3.63) is 71.8 Å². The molecule has 3 heterocycles. The first-order valence-electron chi connectivity index (χ1n) is 10.9. The van der Waals surface area contributed by atoms with E-state index in [2.05, 4.69) is 15.1 Å². The molecule has 0 unspecified atom stereocenters. The molecule has 174 valence electrons. The van der Waals surface area contributed by atoms with Crippen molar-refractivity contribution in [3.63, 3.8) is 0 Å². The highest BCUT2D eigenvalue weighted by atomic mass is 19.3. The topological polar surface area (TPSA) is 66.8 Å². The Balaban J connectivity index is 1.41. The third-order valence-electron chi connectivity index (χ3n) is 6.67. The number of aromatic nitrogens is 4. The molecule has 1 saturated carbocycles. The minimum atomic E-state index is -3.13. The van der Waals surface area contributed by atoms with Crippen LogP contribution in [0, 0.1) is 23.5 Å². The summed E-state index contributed by atoms with van der Waals surface area (Å²) in [6, 6.07) is 6.50. The van der Waals surface area contributed by atoms with E-state index in [0.29, 0.717) is 11.2 Å². The number of hydrogen-bond donors (Lipinski definition) is 1. The highest BCUT2D eigenvalue weighted by Crippen LogP contribution is 2.55. The SMILES string of the molecule is CC(F)(F)c1cnn(-c2cc(F)c([C@H]3[C@@H](C4CC4)C(=O)N3c3ccc4[nH]cnc4c3)c(F)c2)c1. The van der Waals surface area contributed by atoms with Gasteiger partial charge in [0.05, 0.1) is 46.8 Å². The number of nitrogens with one attached hydrogen (secondary N) is 1. The zero-order valence-electron chi connectivity index (χ0n) is 18.0. The maximum atomic E-state index is 15.4. The first-order valence-corrected chi connectivity index (χ1v) is 10.9. The van der Waals surface area contributed by atoms with Crippen molar-refractivity contribution in [1.29, 1.82) is 0 Å². The molecule has 0 radical (unpaired) electrons. The maximum absolute atomic E-state index is 15.4. The van der Waals surface area contributed by atoms with Gasteiger partial charge in [-0.25, -0.2) is 27.2 Å².